The quantitative estimate of drug-likeness (QED) is 0.706. The lowest BCUT2D eigenvalue weighted by molar-refractivity contribution is -0.136. The molecule has 0 bridgehead atoms. The second-order valence-electron chi connectivity index (χ2n) is 5.79. The number of hydrogen-bond acceptors (Lipinski definition) is 3. The Hall–Kier alpha value is -2.50. The van der Waals surface area contributed by atoms with Gasteiger partial charge in [0.25, 0.3) is 5.91 Å². The number of aliphatic carboxylic acids is 1. The number of hydrogen-bond donors (Lipinski definition) is 1. The molecule has 1 N–H and O–H groups in total. The molecule has 0 radical (unpaired) electrons. The zero-order chi connectivity index (χ0) is 19.0. The zero-order valence-electron chi connectivity index (χ0n) is 14.0. The summed E-state index contributed by atoms with van der Waals surface area (Å²) < 4.78 is 6.72. The van der Waals surface area contributed by atoms with Crippen LogP contribution in [0, 0.1) is 6.92 Å². The van der Waals surface area contributed by atoms with Crippen LogP contribution in [-0.2, 0) is 11.2 Å². The largest absolute Gasteiger partial charge is 0.497 e. The maximum atomic E-state index is 13.1. The van der Waals surface area contributed by atoms with Crippen LogP contribution in [-0.4, -0.2) is 28.7 Å². The molecule has 0 saturated heterocycles. The molecule has 26 heavy (non-hydrogen) atoms. The van der Waals surface area contributed by atoms with E-state index in [-0.39, 0.29) is 17.4 Å². The number of halogens is 2. The molecule has 0 aliphatic heterocycles. The normalized spacial score (nSPS) is 10.9. The van der Waals surface area contributed by atoms with Gasteiger partial charge in [-0.3, -0.25) is 14.2 Å². The Bertz CT molecular complexity index is 1040. The van der Waals surface area contributed by atoms with E-state index in [0.29, 0.717) is 38.5 Å². The average Bonchev–Trinajstić information content (AvgIpc) is 2.87. The number of nitrogens with zero attached hydrogens (tertiary/aromatic N) is 1. The van der Waals surface area contributed by atoms with Crippen molar-refractivity contribution in [2.24, 2.45) is 0 Å². The summed E-state index contributed by atoms with van der Waals surface area (Å²) >= 11 is 12.0. The Kier molecular flexibility index (Phi) is 4.94. The number of benzene rings is 2. The Labute approximate surface area is 159 Å². The monoisotopic (exact) mass is 391 g/mol. The number of fused-ring (bicyclic) bond motifs is 1. The highest BCUT2D eigenvalue weighted by atomic mass is 35.5. The molecule has 5 nitrogen and oxygen atoms in total. The lowest BCUT2D eigenvalue weighted by Crippen LogP contribution is -2.14. The van der Waals surface area contributed by atoms with Gasteiger partial charge in [-0.15, -0.1) is 0 Å². The van der Waals surface area contributed by atoms with Crippen LogP contribution in [0.2, 0.25) is 10.0 Å². The number of rotatable bonds is 4. The Morgan fingerprint density at radius 3 is 2.46 bits per heavy atom. The van der Waals surface area contributed by atoms with Crippen molar-refractivity contribution in [1.82, 2.24) is 4.57 Å². The van der Waals surface area contributed by atoms with Gasteiger partial charge in [-0.05, 0) is 48.9 Å². The predicted molar refractivity (Wildman–Crippen MR) is 101 cm³/mol. The van der Waals surface area contributed by atoms with E-state index in [9.17, 15) is 14.7 Å². The standard InChI is InChI=1S/C19H15Cl2NO4/c1-10-13(9-18(23)24)14-8-12(26-2)4-6-17(14)22(10)19(25)11-3-5-15(20)16(21)7-11/h3-8H,9H2,1-2H3,(H,23,24). The number of methoxy groups -OCH3 is 1. The van der Waals surface area contributed by atoms with E-state index in [0.717, 1.165) is 0 Å². The van der Waals surface area contributed by atoms with Crippen LogP contribution in [0.5, 0.6) is 5.75 Å². The summed E-state index contributed by atoms with van der Waals surface area (Å²) in [5, 5.41) is 10.5. The summed E-state index contributed by atoms with van der Waals surface area (Å²) in [6, 6.07) is 9.84. The third-order valence-electron chi connectivity index (χ3n) is 4.24. The van der Waals surface area contributed by atoms with Crippen LogP contribution in [0.4, 0.5) is 0 Å². The van der Waals surface area contributed by atoms with Crippen molar-refractivity contribution >= 4 is 46.0 Å². The lowest BCUT2D eigenvalue weighted by atomic mass is 10.1. The summed E-state index contributed by atoms with van der Waals surface area (Å²) in [5.74, 6) is -0.701. The maximum absolute atomic E-state index is 13.1. The van der Waals surface area contributed by atoms with Crippen molar-refractivity contribution in [2.75, 3.05) is 7.11 Å². The molecule has 1 aromatic heterocycles. The average molecular weight is 392 g/mol. The van der Waals surface area contributed by atoms with Crippen LogP contribution >= 0.6 is 23.2 Å². The number of ether oxygens (including phenoxy) is 1. The Morgan fingerprint density at radius 2 is 1.85 bits per heavy atom. The summed E-state index contributed by atoms with van der Waals surface area (Å²) in [6.45, 7) is 1.72. The molecule has 0 fully saturated rings. The highest BCUT2D eigenvalue weighted by Gasteiger charge is 2.22. The molecular formula is C19H15Cl2NO4. The van der Waals surface area contributed by atoms with Gasteiger partial charge in [0.05, 0.1) is 29.1 Å². The van der Waals surface area contributed by atoms with E-state index in [4.69, 9.17) is 27.9 Å². The minimum Gasteiger partial charge on any atom is -0.497 e. The van der Waals surface area contributed by atoms with Gasteiger partial charge in [0.1, 0.15) is 5.75 Å². The first-order valence-electron chi connectivity index (χ1n) is 7.73. The highest BCUT2D eigenvalue weighted by molar-refractivity contribution is 6.42. The number of carbonyl (C=O) groups excluding carboxylic acids is 1. The molecule has 0 atom stereocenters. The van der Waals surface area contributed by atoms with Crippen molar-refractivity contribution in [3.63, 3.8) is 0 Å². The third-order valence-corrected chi connectivity index (χ3v) is 4.98. The van der Waals surface area contributed by atoms with E-state index in [1.54, 1.807) is 37.3 Å². The van der Waals surface area contributed by atoms with Crippen molar-refractivity contribution in [1.29, 1.82) is 0 Å². The van der Waals surface area contributed by atoms with Gasteiger partial charge in [0.2, 0.25) is 0 Å². The van der Waals surface area contributed by atoms with Gasteiger partial charge in [0, 0.05) is 16.6 Å². The Morgan fingerprint density at radius 1 is 1.12 bits per heavy atom. The number of carboxylic acid groups (broad SMARTS) is 1. The van der Waals surface area contributed by atoms with Gasteiger partial charge >= 0.3 is 5.97 Å². The first-order valence-corrected chi connectivity index (χ1v) is 8.48. The SMILES string of the molecule is COc1ccc2c(c1)c(CC(=O)O)c(C)n2C(=O)c1ccc(Cl)c(Cl)c1. The van der Waals surface area contributed by atoms with Gasteiger partial charge < -0.3 is 9.84 Å². The fourth-order valence-electron chi connectivity index (χ4n) is 2.98. The fourth-order valence-corrected chi connectivity index (χ4v) is 3.28. The molecule has 0 unspecified atom stereocenters. The fraction of sp³-hybridized carbons (Fsp3) is 0.158. The first kappa shape index (κ1) is 18.3. The minimum atomic E-state index is -0.975. The molecular weight excluding hydrogens is 377 g/mol. The van der Waals surface area contributed by atoms with E-state index >= 15 is 0 Å². The van der Waals surface area contributed by atoms with Crippen molar-refractivity contribution in [3.05, 3.63) is 63.3 Å². The topological polar surface area (TPSA) is 68.5 Å². The molecule has 7 heteroatoms. The van der Waals surface area contributed by atoms with E-state index < -0.39 is 5.97 Å². The molecule has 3 aromatic rings. The Balaban J connectivity index is 2.24. The van der Waals surface area contributed by atoms with Crippen LogP contribution in [0.1, 0.15) is 21.6 Å². The van der Waals surface area contributed by atoms with Crippen LogP contribution in [0.3, 0.4) is 0 Å². The number of carbonyl (C=O) groups is 2. The summed E-state index contributed by atoms with van der Waals surface area (Å²) in [7, 11) is 1.53. The minimum absolute atomic E-state index is 0.197. The zero-order valence-corrected chi connectivity index (χ0v) is 15.6. The van der Waals surface area contributed by atoms with Gasteiger partial charge in [-0.25, -0.2) is 0 Å². The first-order chi connectivity index (χ1) is 12.3. The van der Waals surface area contributed by atoms with Crippen molar-refractivity contribution < 1.29 is 19.4 Å². The lowest BCUT2D eigenvalue weighted by Gasteiger charge is -2.08. The van der Waals surface area contributed by atoms with Crippen molar-refractivity contribution in [2.45, 2.75) is 13.3 Å². The van der Waals surface area contributed by atoms with Crippen LogP contribution in [0.25, 0.3) is 10.9 Å². The van der Waals surface area contributed by atoms with Gasteiger partial charge in [-0.2, -0.15) is 0 Å². The number of aromatic nitrogens is 1. The van der Waals surface area contributed by atoms with Gasteiger partial charge in [-0.1, -0.05) is 23.2 Å². The van der Waals surface area contributed by atoms with Gasteiger partial charge in [0.15, 0.2) is 0 Å². The molecule has 3 rings (SSSR count). The third kappa shape index (κ3) is 3.16. The van der Waals surface area contributed by atoms with Crippen LogP contribution in [0.15, 0.2) is 36.4 Å². The summed E-state index contributed by atoms with van der Waals surface area (Å²) in [4.78, 5) is 24.4. The van der Waals surface area contributed by atoms with Crippen LogP contribution < -0.4 is 4.74 Å². The van der Waals surface area contributed by atoms with Crippen molar-refractivity contribution in [3.8, 4) is 5.75 Å². The van der Waals surface area contributed by atoms with E-state index in [1.807, 2.05) is 0 Å². The maximum Gasteiger partial charge on any atom is 0.307 e. The summed E-state index contributed by atoms with van der Waals surface area (Å²) in [5.41, 5.74) is 2.10. The second kappa shape index (κ2) is 7.02. The highest BCUT2D eigenvalue weighted by Crippen LogP contribution is 2.31. The second-order valence-corrected chi connectivity index (χ2v) is 6.60. The molecule has 0 spiro atoms. The van der Waals surface area contributed by atoms with E-state index in [2.05, 4.69) is 0 Å². The molecule has 1 heterocycles. The number of carboxylic acids is 1. The summed E-state index contributed by atoms with van der Waals surface area (Å²) in [6.07, 6.45) is -0.197. The molecule has 0 aliphatic rings. The smallest absolute Gasteiger partial charge is 0.307 e. The molecule has 2 aromatic carbocycles. The molecule has 134 valence electrons. The molecule has 0 amide bonds. The van der Waals surface area contributed by atoms with E-state index in [1.165, 1.54) is 17.7 Å². The predicted octanol–water partition coefficient (Wildman–Crippen LogP) is 4.58. The molecule has 0 aliphatic carbocycles. The molecule has 0 saturated carbocycles.